The normalized spacial score (nSPS) is 12.7. The molecule has 0 bridgehead atoms. The van der Waals surface area contributed by atoms with Gasteiger partial charge < -0.3 is 0 Å². The lowest BCUT2D eigenvalue weighted by Crippen LogP contribution is -2.28. The van der Waals surface area contributed by atoms with Crippen LogP contribution in [-0.2, 0) is 0 Å². The van der Waals surface area contributed by atoms with Gasteiger partial charge in [-0.2, -0.15) is 0 Å². The number of hydrogen-bond acceptors (Lipinski definition) is 3. The smallest absolute Gasteiger partial charge is 0.0805 e. The van der Waals surface area contributed by atoms with Crippen LogP contribution in [0.15, 0.2) is 35.7 Å². The summed E-state index contributed by atoms with van der Waals surface area (Å²) >= 11 is 1.72. The first kappa shape index (κ1) is 11.3. The summed E-state index contributed by atoms with van der Waals surface area (Å²) in [5.41, 5.74) is 6.68. The quantitative estimate of drug-likeness (QED) is 0.631. The molecule has 1 aromatic carbocycles. The van der Waals surface area contributed by atoms with Crippen LogP contribution in [0.5, 0.6) is 0 Å². The van der Waals surface area contributed by atoms with Crippen molar-refractivity contribution < 1.29 is 0 Å². The van der Waals surface area contributed by atoms with Gasteiger partial charge in [-0.1, -0.05) is 29.8 Å². The van der Waals surface area contributed by atoms with Crippen molar-refractivity contribution in [3.63, 3.8) is 0 Å². The molecule has 0 fully saturated rings. The molecule has 1 aromatic heterocycles. The van der Waals surface area contributed by atoms with E-state index in [9.17, 15) is 0 Å². The molecule has 0 radical (unpaired) electrons. The fourth-order valence-electron chi connectivity index (χ4n) is 1.85. The lowest BCUT2D eigenvalue weighted by Gasteiger charge is -2.17. The summed E-state index contributed by atoms with van der Waals surface area (Å²) in [7, 11) is 0. The fraction of sp³-hybridized carbons (Fsp3) is 0.231. The molecular formula is C13H16N2S. The summed E-state index contributed by atoms with van der Waals surface area (Å²) in [6, 6.07) is 10.7. The maximum absolute atomic E-state index is 5.67. The number of hydrazine groups is 1. The molecule has 0 spiro atoms. The van der Waals surface area contributed by atoms with E-state index in [2.05, 4.69) is 55.0 Å². The number of hydrogen-bond donors (Lipinski definition) is 2. The van der Waals surface area contributed by atoms with E-state index in [0.717, 1.165) is 0 Å². The monoisotopic (exact) mass is 232 g/mol. The first-order valence-corrected chi connectivity index (χ1v) is 6.17. The van der Waals surface area contributed by atoms with Crippen LogP contribution in [0.25, 0.3) is 0 Å². The third-order valence-corrected chi connectivity index (χ3v) is 3.68. The first-order chi connectivity index (χ1) is 7.72. The molecule has 0 aliphatic rings. The standard InChI is InChI=1S/C13H16N2S/c1-9-5-6-10(2)11(8-9)13(15-14)12-4-3-7-16-12/h3-8,13,15H,14H2,1-2H3. The molecule has 2 aromatic rings. The second-order valence-corrected chi connectivity index (χ2v) is 4.95. The zero-order valence-corrected chi connectivity index (χ0v) is 10.3. The van der Waals surface area contributed by atoms with Crippen LogP contribution < -0.4 is 11.3 Å². The molecule has 2 rings (SSSR count). The number of aryl methyl sites for hydroxylation is 2. The van der Waals surface area contributed by atoms with Crippen molar-refractivity contribution >= 4 is 11.3 Å². The Morgan fingerprint density at radius 3 is 2.69 bits per heavy atom. The van der Waals surface area contributed by atoms with Crippen molar-refractivity contribution in [3.05, 3.63) is 57.3 Å². The molecule has 0 saturated carbocycles. The maximum atomic E-state index is 5.67. The largest absolute Gasteiger partial charge is 0.271 e. The molecule has 1 atom stereocenters. The van der Waals surface area contributed by atoms with Crippen molar-refractivity contribution in [1.82, 2.24) is 5.43 Å². The third-order valence-electron chi connectivity index (χ3n) is 2.74. The Morgan fingerprint density at radius 1 is 1.25 bits per heavy atom. The SMILES string of the molecule is Cc1ccc(C)c(C(NN)c2cccs2)c1. The highest BCUT2D eigenvalue weighted by molar-refractivity contribution is 7.10. The van der Waals surface area contributed by atoms with E-state index in [-0.39, 0.29) is 6.04 Å². The van der Waals surface area contributed by atoms with Crippen molar-refractivity contribution in [1.29, 1.82) is 0 Å². The number of nitrogens with two attached hydrogens (primary N) is 1. The predicted molar refractivity (Wildman–Crippen MR) is 69.4 cm³/mol. The first-order valence-electron chi connectivity index (χ1n) is 5.29. The van der Waals surface area contributed by atoms with Crippen molar-refractivity contribution in [2.75, 3.05) is 0 Å². The molecule has 0 saturated heterocycles. The Balaban J connectivity index is 2.44. The van der Waals surface area contributed by atoms with Gasteiger partial charge in [0.05, 0.1) is 6.04 Å². The van der Waals surface area contributed by atoms with Gasteiger partial charge in [0.25, 0.3) is 0 Å². The van der Waals surface area contributed by atoms with Crippen LogP contribution in [0.1, 0.15) is 27.6 Å². The van der Waals surface area contributed by atoms with Gasteiger partial charge in [-0.15, -0.1) is 11.3 Å². The number of nitrogens with one attached hydrogen (secondary N) is 1. The molecule has 0 aliphatic heterocycles. The highest BCUT2D eigenvalue weighted by atomic mass is 32.1. The van der Waals surface area contributed by atoms with Gasteiger partial charge in [-0.25, -0.2) is 5.43 Å². The Hall–Kier alpha value is -1.16. The minimum Gasteiger partial charge on any atom is -0.271 e. The fourth-order valence-corrected chi connectivity index (χ4v) is 2.65. The lowest BCUT2D eigenvalue weighted by atomic mass is 9.98. The van der Waals surface area contributed by atoms with Crippen LogP contribution in [0.2, 0.25) is 0 Å². The Labute approximate surface area is 100 Å². The lowest BCUT2D eigenvalue weighted by molar-refractivity contribution is 0.643. The summed E-state index contributed by atoms with van der Waals surface area (Å²) in [5, 5.41) is 2.07. The van der Waals surface area contributed by atoms with Gasteiger partial charge in [-0.3, -0.25) is 5.84 Å². The average molecular weight is 232 g/mol. The van der Waals surface area contributed by atoms with Crippen LogP contribution in [0.3, 0.4) is 0 Å². The summed E-state index contributed by atoms with van der Waals surface area (Å²) in [5.74, 6) is 5.67. The van der Waals surface area contributed by atoms with Crippen molar-refractivity contribution in [3.8, 4) is 0 Å². The second kappa shape index (κ2) is 4.78. The molecule has 16 heavy (non-hydrogen) atoms. The topological polar surface area (TPSA) is 38.0 Å². The Kier molecular flexibility index (Phi) is 3.39. The van der Waals surface area contributed by atoms with Gasteiger partial charge in [0.2, 0.25) is 0 Å². The van der Waals surface area contributed by atoms with Gasteiger partial charge in [0.1, 0.15) is 0 Å². The Bertz CT molecular complexity index is 463. The summed E-state index contributed by atoms with van der Waals surface area (Å²) < 4.78 is 0. The molecule has 2 nitrogen and oxygen atoms in total. The van der Waals surface area contributed by atoms with E-state index in [1.54, 1.807) is 11.3 Å². The van der Waals surface area contributed by atoms with E-state index in [1.165, 1.54) is 21.6 Å². The molecular weight excluding hydrogens is 216 g/mol. The van der Waals surface area contributed by atoms with E-state index in [4.69, 9.17) is 5.84 Å². The van der Waals surface area contributed by atoms with E-state index in [0.29, 0.717) is 0 Å². The number of thiophene rings is 1. The van der Waals surface area contributed by atoms with Crippen LogP contribution in [0.4, 0.5) is 0 Å². The van der Waals surface area contributed by atoms with Crippen LogP contribution in [-0.4, -0.2) is 0 Å². The summed E-state index contributed by atoms with van der Waals surface area (Å²) in [4.78, 5) is 1.25. The van der Waals surface area contributed by atoms with Gasteiger partial charge in [0.15, 0.2) is 0 Å². The molecule has 0 amide bonds. The molecule has 3 heteroatoms. The maximum Gasteiger partial charge on any atom is 0.0805 e. The molecule has 1 heterocycles. The van der Waals surface area contributed by atoms with Gasteiger partial charge in [0, 0.05) is 4.88 Å². The molecule has 1 unspecified atom stereocenters. The number of rotatable bonds is 3. The highest BCUT2D eigenvalue weighted by Gasteiger charge is 2.15. The molecule has 84 valence electrons. The zero-order valence-electron chi connectivity index (χ0n) is 9.53. The highest BCUT2D eigenvalue weighted by Crippen LogP contribution is 2.28. The minimum atomic E-state index is 0.0971. The zero-order chi connectivity index (χ0) is 11.5. The summed E-state index contributed by atoms with van der Waals surface area (Å²) in [6.45, 7) is 4.22. The molecule has 0 aliphatic carbocycles. The number of benzene rings is 1. The second-order valence-electron chi connectivity index (χ2n) is 3.98. The van der Waals surface area contributed by atoms with Gasteiger partial charge >= 0.3 is 0 Å². The summed E-state index contributed by atoms with van der Waals surface area (Å²) in [6.07, 6.45) is 0. The van der Waals surface area contributed by atoms with E-state index < -0.39 is 0 Å². The van der Waals surface area contributed by atoms with Crippen LogP contribution in [0, 0.1) is 13.8 Å². The minimum absolute atomic E-state index is 0.0971. The van der Waals surface area contributed by atoms with E-state index in [1.807, 2.05) is 0 Å². The van der Waals surface area contributed by atoms with Crippen LogP contribution >= 0.6 is 11.3 Å². The van der Waals surface area contributed by atoms with E-state index >= 15 is 0 Å². The van der Waals surface area contributed by atoms with Gasteiger partial charge in [-0.05, 0) is 36.4 Å². The average Bonchev–Trinajstić information content (AvgIpc) is 2.78. The predicted octanol–water partition coefficient (Wildman–Crippen LogP) is 2.92. The third kappa shape index (κ3) is 2.16. The Morgan fingerprint density at radius 2 is 2.06 bits per heavy atom. The molecule has 3 N–H and O–H groups in total. The van der Waals surface area contributed by atoms with Crippen molar-refractivity contribution in [2.45, 2.75) is 19.9 Å². The van der Waals surface area contributed by atoms with Crippen molar-refractivity contribution in [2.24, 2.45) is 5.84 Å².